The molecule has 0 amide bonds. The molecule has 110 valence electrons. The van der Waals surface area contributed by atoms with Crippen LogP contribution in [0, 0.1) is 24.2 Å². The number of methoxy groups -OCH3 is 1. The lowest BCUT2D eigenvalue weighted by Gasteiger charge is -2.57. The highest BCUT2D eigenvalue weighted by Crippen LogP contribution is 2.56. The van der Waals surface area contributed by atoms with Gasteiger partial charge in [0.2, 0.25) is 0 Å². The summed E-state index contributed by atoms with van der Waals surface area (Å²) < 4.78 is 5.76. The van der Waals surface area contributed by atoms with Crippen LogP contribution < -0.4 is 0 Å². The summed E-state index contributed by atoms with van der Waals surface area (Å²) in [4.78, 5) is 10.5. The fraction of sp³-hybridized carbons (Fsp3) is 0.688. The maximum atomic E-state index is 10.5. The van der Waals surface area contributed by atoms with Crippen LogP contribution in [0.15, 0.2) is 11.6 Å². The van der Waals surface area contributed by atoms with E-state index in [1.165, 1.54) is 5.57 Å². The van der Waals surface area contributed by atoms with Gasteiger partial charge in [0.1, 0.15) is 0 Å². The van der Waals surface area contributed by atoms with E-state index in [1.54, 1.807) is 7.11 Å². The van der Waals surface area contributed by atoms with E-state index in [0.717, 1.165) is 19.3 Å². The number of carboxylic acid groups (broad SMARTS) is 1. The average molecular weight is 278 g/mol. The maximum Gasteiger partial charge on any atom is 0.303 e. The zero-order chi connectivity index (χ0) is 14.8. The van der Waals surface area contributed by atoms with Crippen LogP contribution in [0.5, 0.6) is 0 Å². The molecule has 2 aliphatic carbocycles. The second kappa shape index (κ2) is 5.99. The van der Waals surface area contributed by atoms with E-state index in [2.05, 4.69) is 12.0 Å². The van der Waals surface area contributed by atoms with Gasteiger partial charge in [0.05, 0.1) is 17.6 Å². The Hall–Kier alpha value is -1.31. The highest BCUT2D eigenvalue weighted by molar-refractivity contribution is 5.66. The second-order valence-corrected chi connectivity index (χ2v) is 5.72. The largest absolute Gasteiger partial charge is 0.481 e. The van der Waals surface area contributed by atoms with Crippen molar-refractivity contribution >= 4 is 5.97 Å². The molecule has 0 aliphatic heterocycles. The fourth-order valence-electron chi connectivity index (χ4n) is 3.65. The van der Waals surface area contributed by atoms with Crippen molar-refractivity contribution < 1.29 is 19.7 Å². The molecule has 0 spiro atoms. The molecule has 0 aromatic heterocycles. The van der Waals surface area contributed by atoms with Crippen LogP contribution in [0.3, 0.4) is 0 Å². The number of ether oxygens (including phenoxy) is 1. The van der Waals surface area contributed by atoms with Gasteiger partial charge in [-0.2, -0.15) is 0 Å². The van der Waals surface area contributed by atoms with Gasteiger partial charge in [0, 0.05) is 19.4 Å². The Morgan fingerprint density at radius 2 is 2.40 bits per heavy atom. The zero-order valence-corrected chi connectivity index (χ0v) is 11.8. The van der Waals surface area contributed by atoms with E-state index in [0.29, 0.717) is 12.8 Å². The Morgan fingerprint density at radius 3 is 3.00 bits per heavy atom. The summed E-state index contributed by atoms with van der Waals surface area (Å²) in [6.45, 7) is 0. The third-order valence-electron chi connectivity index (χ3n) is 4.78. The van der Waals surface area contributed by atoms with E-state index < -0.39 is 12.1 Å². The van der Waals surface area contributed by atoms with Crippen molar-refractivity contribution in [1.82, 2.24) is 0 Å². The molecule has 0 aromatic rings. The quantitative estimate of drug-likeness (QED) is 0.458. The number of aliphatic hydroxyl groups excluding tert-OH is 1. The van der Waals surface area contributed by atoms with Gasteiger partial charge in [-0.05, 0) is 37.7 Å². The van der Waals surface area contributed by atoms with Gasteiger partial charge in [-0.15, -0.1) is 12.3 Å². The van der Waals surface area contributed by atoms with Gasteiger partial charge < -0.3 is 14.9 Å². The molecule has 2 fully saturated rings. The van der Waals surface area contributed by atoms with Gasteiger partial charge in [-0.1, -0.05) is 6.08 Å². The van der Waals surface area contributed by atoms with Crippen molar-refractivity contribution in [3.8, 4) is 12.3 Å². The first-order valence-corrected chi connectivity index (χ1v) is 7.16. The molecule has 2 saturated carbocycles. The van der Waals surface area contributed by atoms with Gasteiger partial charge in [-0.25, -0.2) is 0 Å². The molecule has 4 unspecified atom stereocenters. The van der Waals surface area contributed by atoms with Crippen molar-refractivity contribution in [1.29, 1.82) is 0 Å². The molecule has 0 saturated heterocycles. The highest BCUT2D eigenvalue weighted by Gasteiger charge is 2.58. The van der Waals surface area contributed by atoms with Crippen LogP contribution in [-0.2, 0) is 9.53 Å². The summed E-state index contributed by atoms with van der Waals surface area (Å²) in [5.74, 6) is 2.00. The third kappa shape index (κ3) is 2.48. The van der Waals surface area contributed by atoms with Crippen LogP contribution >= 0.6 is 0 Å². The van der Waals surface area contributed by atoms with Crippen LogP contribution in [-0.4, -0.2) is 35.0 Å². The Labute approximate surface area is 119 Å². The molecule has 4 nitrogen and oxygen atoms in total. The molecule has 4 atom stereocenters. The fourth-order valence-corrected chi connectivity index (χ4v) is 3.65. The lowest BCUT2D eigenvalue weighted by Crippen LogP contribution is -2.59. The molecular weight excluding hydrogens is 256 g/mol. The van der Waals surface area contributed by atoms with Crippen molar-refractivity contribution in [3.63, 3.8) is 0 Å². The number of terminal acetylenes is 1. The first-order valence-electron chi connectivity index (χ1n) is 7.16. The topological polar surface area (TPSA) is 66.8 Å². The number of aliphatic hydroxyl groups is 1. The van der Waals surface area contributed by atoms with E-state index >= 15 is 0 Å². The first-order chi connectivity index (χ1) is 9.55. The minimum Gasteiger partial charge on any atom is -0.481 e. The normalized spacial score (nSPS) is 37.9. The smallest absolute Gasteiger partial charge is 0.303 e. The Balaban J connectivity index is 2.03. The number of carbonyl (C=O) groups is 1. The van der Waals surface area contributed by atoms with Gasteiger partial charge >= 0.3 is 5.97 Å². The Kier molecular flexibility index (Phi) is 4.52. The lowest BCUT2D eigenvalue weighted by molar-refractivity contribution is -0.138. The number of carboxylic acids is 1. The van der Waals surface area contributed by atoms with Crippen molar-refractivity contribution in [2.24, 2.45) is 11.8 Å². The number of hydrogen-bond acceptors (Lipinski definition) is 3. The number of unbranched alkanes of at least 4 members (excludes halogenated alkanes) is 1. The second-order valence-electron chi connectivity index (χ2n) is 5.72. The lowest BCUT2D eigenvalue weighted by atomic mass is 9.53. The molecule has 2 N–H and O–H groups in total. The Bertz CT molecular complexity index is 448. The van der Waals surface area contributed by atoms with E-state index in [1.807, 2.05) is 0 Å². The van der Waals surface area contributed by atoms with Crippen molar-refractivity contribution in [2.75, 3.05) is 7.11 Å². The SMILES string of the molecule is C#CC1C(O)CCC2(OC)C(=CCCCC(=O)O)CC12. The summed E-state index contributed by atoms with van der Waals surface area (Å²) >= 11 is 0. The average Bonchev–Trinajstić information content (AvgIpc) is 2.40. The summed E-state index contributed by atoms with van der Waals surface area (Å²) in [5, 5.41) is 18.6. The third-order valence-corrected chi connectivity index (χ3v) is 4.78. The maximum absolute atomic E-state index is 10.5. The van der Waals surface area contributed by atoms with E-state index in [9.17, 15) is 9.90 Å². The first kappa shape index (κ1) is 15.1. The van der Waals surface area contributed by atoms with Crippen LogP contribution in [0.4, 0.5) is 0 Å². The molecule has 0 heterocycles. The molecular formula is C16H22O4. The summed E-state index contributed by atoms with van der Waals surface area (Å²) in [7, 11) is 1.70. The molecule has 2 aliphatic rings. The summed E-state index contributed by atoms with van der Waals surface area (Å²) in [5.41, 5.74) is 0.905. The molecule has 20 heavy (non-hydrogen) atoms. The number of fused-ring (bicyclic) bond motifs is 1. The standard InChI is InChI=1S/C16H22O4/c1-3-12-13-10-11(6-4-5-7-15(18)19)16(13,20-2)9-8-14(12)17/h1,6,12-14,17H,4-5,7-10H2,2H3,(H,18,19). The zero-order valence-electron chi connectivity index (χ0n) is 11.8. The number of aliphatic carboxylic acids is 1. The van der Waals surface area contributed by atoms with Crippen LogP contribution in [0.1, 0.15) is 38.5 Å². The Morgan fingerprint density at radius 1 is 1.65 bits per heavy atom. The van der Waals surface area contributed by atoms with Crippen LogP contribution in [0.2, 0.25) is 0 Å². The predicted molar refractivity (Wildman–Crippen MR) is 75.0 cm³/mol. The minimum absolute atomic E-state index is 0.139. The van der Waals surface area contributed by atoms with Gasteiger partial charge in [-0.3, -0.25) is 4.79 Å². The molecule has 2 rings (SSSR count). The minimum atomic E-state index is -0.760. The van der Waals surface area contributed by atoms with Crippen LogP contribution in [0.25, 0.3) is 0 Å². The summed E-state index contributed by atoms with van der Waals surface area (Å²) in [6.07, 6.45) is 11.1. The molecule has 0 radical (unpaired) electrons. The molecule has 0 aromatic carbocycles. The molecule has 4 heteroatoms. The predicted octanol–water partition coefficient (Wildman–Crippen LogP) is 1.98. The summed E-state index contributed by atoms with van der Waals surface area (Å²) in [6, 6.07) is 0. The molecule has 0 bridgehead atoms. The van der Waals surface area contributed by atoms with Crippen molar-refractivity contribution in [2.45, 2.75) is 50.2 Å². The highest BCUT2D eigenvalue weighted by atomic mass is 16.5. The van der Waals surface area contributed by atoms with Gasteiger partial charge in [0.15, 0.2) is 0 Å². The number of allylic oxidation sites excluding steroid dienone is 1. The van der Waals surface area contributed by atoms with E-state index in [4.69, 9.17) is 16.3 Å². The van der Waals surface area contributed by atoms with Crippen molar-refractivity contribution in [3.05, 3.63) is 11.6 Å². The number of hydrogen-bond donors (Lipinski definition) is 2. The van der Waals surface area contributed by atoms with E-state index in [-0.39, 0.29) is 23.9 Å². The van der Waals surface area contributed by atoms with Gasteiger partial charge in [0.25, 0.3) is 0 Å². The number of rotatable bonds is 5. The monoisotopic (exact) mass is 278 g/mol.